The Hall–Kier alpha value is -1.84. The van der Waals surface area contributed by atoms with E-state index in [-0.39, 0.29) is 17.9 Å². The van der Waals surface area contributed by atoms with Crippen molar-refractivity contribution in [1.82, 2.24) is 4.90 Å². The second-order valence-electron chi connectivity index (χ2n) is 7.67. The molecule has 0 radical (unpaired) electrons. The maximum atomic E-state index is 12.7. The van der Waals surface area contributed by atoms with Crippen molar-refractivity contribution in [2.45, 2.75) is 60.4 Å². The first kappa shape index (κ1) is 17.5. The average molecular weight is 316 g/mol. The molecule has 0 aliphatic carbocycles. The van der Waals surface area contributed by atoms with Gasteiger partial charge in [-0.1, -0.05) is 38.5 Å². The standard InChI is InChI=1S/C19H28N2O2/c1-12-10-13(2)16(14(3)11-12)20-17(22)15-8-7-9-21(15)18(23)19(4,5)6/h10-11,15H,7-9H2,1-6H3,(H,20,22). The van der Waals surface area contributed by atoms with Crippen LogP contribution in [0, 0.1) is 26.2 Å². The molecule has 126 valence electrons. The zero-order valence-corrected chi connectivity index (χ0v) is 15.1. The molecule has 1 aliphatic rings. The van der Waals surface area contributed by atoms with E-state index in [1.165, 1.54) is 5.56 Å². The van der Waals surface area contributed by atoms with Crippen LogP contribution in [0.2, 0.25) is 0 Å². The second kappa shape index (κ2) is 6.34. The van der Waals surface area contributed by atoms with Crippen LogP contribution in [0.5, 0.6) is 0 Å². The molecule has 0 spiro atoms. The number of aryl methyl sites for hydroxylation is 3. The molecule has 0 aromatic heterocycles. The van der Waals surface area contributed by atoms with E-state index in [0.29, 0.717) is 6.54 Å². The van der Waals surface area contributed by atoms with Gasteiger partial charge in [0.1, 0.15) is 6.04 Å². The SMILES string of the molecule is Cc1cc(C)c(NC(=O)C2CCCN2C(=O)C(C)(C)C)c(C)c1. The molecule has 1 atom stereocenters. The molecular weight excluding hydrogens is 288 g/mol. The Morgan fingerprint density at radius 3 is 2.22 bits per heavy atom. The third-order valence-electron chi connectivity index (χ3n) is 4.38. The van der Waals surface area contributed by atoms with Crippen molar-refractivity contribution in [3.8, 4) is 0 Å². The van der Waals surface area contributed by atoms with E-state index in [9.17, 15) is 9.59 Å². The summed E-state index contributed by atoms with van der Waals surface area (Å²) in [7, 11) is 0. The number of hydrogen-bond donors (Lipinski definition) is 1. The monoisotopic (exact) mass is 316 g/mol. The number of rotatable bonds is 2. The van der Waals surface area contributed by atoms with Gasteiger partial charge < -0.3 is 10.2 Å². The average Bonchev–Trinajstić information content (AvgIpc) is 2.89. The fourth-order valence-electron chi connectivity index (χ4n) is 3.30. The Balaban J connectivity index is 2.19. The van der Waals surface area contributed by atoms with Gasteiger partial charge in [0, 0.05) is 17.6 Å². The van der Waals surface area contributed by atoms with Crippen molar-refractivity contribution < 1.29 is 9.59 Å². The fraction of sp³-hybridized carbons (Fsp3) is 0.579. The lowest BCUT2D eigenvalue weighted by atomic mass is 9.94. The number of benzene rings is 1. The molecule has 2 amide bonds. The van der Waals surface area contributed by atoms with Gasteiger partial charge in [0.2, 0.25) is 11.8 Å². The lowest BCUT2D eigenvalue weighted by molar-refractivity contribution is -0.143. The number of anilines is 1. The number of nitrogens with zero attached hydrogens (tertiary/aromatic N) is 1. The summed E-state index contributed by atoms with van der Waals surface area (Å²) in [6.45, 7) is 12.4. The highest BCUT2D eigenvalue weighted by Crippen LogP contribution is 2.28. The highest BCUT2D eigenvalue weighted by atomic mass is 16.2. The largest absolute Gasteiger partial charge is 0.330 e. The van der Waals surface area contributed by atoms with Crippen molar-refractivity contribution in [3.63, 3.8) is 0 Å². The van der Waals surface area contributed by atoms with Crippen LogP contribution in [0.1, 0.15) is 50.3 Å². The quantitative estimate of drug-likeness (QED) is 0.906. The first-order chi connectivity index (χ1) is 10.6. The zero-order chi connectivity index (χ0) is 17.4. The summed E-state index contributed by atoms with van der Waals surface area (Å²) in [5.74, 6) is -0.0253. The van der Waals surface area contributed by atoms with E-state index in [0.717, 1.165) is 29.7 Å². The van der Waals surface area contributed by atoms with Gasteiger partial charge in [0.05, 0.1) is 0 Å². The Bertz CT molecular complexity index is 606. The van der Waals surface area contributed by atoms with Crippen molar-refractivity contribution in [1.29, 1.82) is 0 Å². The van der Waals surface area contributed by atoms with E-state index in [2.05, 4.69) is 17.4 Å². The summed E-state index contributed by atoms with van der Waals surface area (Å²) in [5, 5.41) is 3.05. The van der Waals surface area contributed by atoms with Crippen LogP contribution in [0.15, 0.2) is 12.1 Å². The number of amides is 2. The summed E-state index contributed by atoms with van der Waals surface area (Å²) in [6.07, 6.45) is 1.61. The number of likely N-dealkylation sites (tertiary alicyclic amines) is 1. The lowest BCUT2D eigenvalue weighted by Gasteiger charge is -2.30. The smallest absolute Gasteiger partial charge is 0.247 e. The number of carbonyl (C=O) groups is 2. The lowest BCUT2D eigenvalue weighted by Crippen LogP contribution is -2.47. The Labute approximate surface area is 139 Å². The second-order valence-corrected chi connectivity index (χ2v) is 7.67. The molecule has 1 heterocycles. The molecule has 1 N–H and O–H groups in total. The van der Waals surface area contributed by atoms with E-state index >= 15 is 0 Å². The maximum Gasteiger partial charge on any atom is 0.247 e. The summed E-state index contributed by atoms with van der Waals surface area (Å²) in [4.78, 5) is 27.0. The van der Waals surface area contributed by atoms with Crippen LogP contribution < -0.4 is 5.32 Å². The van der Waals surface area contributed by atoms with E-state index in [1.807, 2.05) is 41.5 Å². The predicted octanol–water partition coefficient (Wildman–Crippen LogP) is 3.59. The Morgan fingerprint density at radius 2 is 1.70 bits per heavy atom. The van der Waals surface area contributed by atoms with E-state index in [1.54, 1.807) is 4.90 Å². The van der Waals surface area contributed by atoms with Gasteiger partial charge in [-0.25, -0.2) is 0 Å². The topological polar surface area (TPSA) is 49.4 Å². The minimum absolute atomic E-state index is 0.0486. The third-order valence-corrected chi connectivity index (χ3v) is 4.38. The van der Waals surface area contributed by atoms with Gasteiger partial charge >= 0.3 is 0 Å². The minimum Gasteiger partial charge on any atom is -0.330 e. The third kappa shape index (κ3) is 3.74. The first-order valence-corrected chi connectivity index (χ1v) is 8.31. The molecule has 2 rings (SSSR count). The zero-order valence-electron chi connectivity index (χ0n) is 15.1. The van der Waals surface area contributed by atoms with Gasteiger partial charge in [-0.2, -0.15) is 0 Å². The Morgan fingerprint density at radius 1 is 1.13 bits per heavy atom. The van der Waals surface area contributed by atoms with Gasteiger partial charge in [-0.05, 0) is 44.7 Å². The number of carbonyl (C=O) groups excluding carboxylic acids is 2. The summed E-state index contributed by atoms with van der Waals surface area (Å²) >= 11 is 0. The van der Waals surface area contributed by atoms with E-state index < -0.39 is 5.41 Å². The van der Waals surface area contributed by atoms with Crippen molar-refractivity contribution in [2.24, 2.45) is 5.41 Å². The molecule has 0 bridgehead atoms. The van der Waals surface area contributed by atoms with Crippen LogP contribution in [-0.2, 0) is 9.59 Å². The predicted molar refractivity (Wildman–Crippen MR) is 93.5 cm³/mol. The minimum atomic E-state index is -0.460. The molecule has 4 nitrogen and oxygen atoms in total. The molecule has 1 aromatic carbocycles. The van der Waals surface area contributed by atoms with Crippen LogP contribution >= 0.6 is 0 Å². The van der Waals surface area contributed by atoms with Crippen LogP contribution in [-0.4, -0.2) is 29.3 Å². The van der Waals surface area contributed by atoms with Crippen molar-refractivity contribution in [3.05, 3.63) is 28.8 Å². The molecular formula is C19H28N2O2. The highest BCUT2D eigenvalue weighted by molar-refractivity contribution is 5.99. The normalized spacial score (nSPS) is 18.2. The highest BCUT2D eigenvalue weighted by Gasteiger charge is 2.38. The van der Waals surface area contributed by atoms with Crippen LogP contribution in [0.4, 0.5) is 5.69 Å². The van der Waals surface area contributed by atoms with Gasteiger partial charge in [-0.15, -0.1) is 0 Å². The molecule has 1 saturated heterocycles. The number of hydrogen-bond acceptors (Lipinski definition) is 2. The molecule has 1 fully saturated rings. The molecule has 23 heavy (non-hydrogen) atoms. The Kier molecular flexibility index (Phi) is 4.83. The number of nitrogens with one attached hydrogen (secondary N) is 1. The van der Waals surface area contributed by atoms with Gasteiger partial charge in [-0.3, -0.25) is 9.59 Å². The summed E-state index contributed by atoms with van der Waals surface area (Å²) in [5.41, 5.74) is 3.71. The van der Waals surface area contributed by atoms with Crippen LogP contribution in [0.3, 0.4) is 0 Å². The summed E-state index contributed by atoms with van der Waals surface area (Å²) < 4.78 is 0. The molecule has 1 aliphatic heterocycles. The molecule has 4 heteroatoms. The van der Waals surface area contributed by atoms with Gasteiger partial charge in [0.25, 0.3) is 0 Å². The molecule has 0 saturated carbocycles. The van der Waals surface area contributed by atoms with Gasteiger partial charge in [0.15, 0.2) is 0 Å². The van der Waals surface area contributed by atoms with Crippen molar-refractivity contribution >= 4 is 17.5 Å². The molecule has 1 aromatic rings. The van der Waals surface area contributed by atoms with Crippen molar-refractivity contribution in [2.75, 3.05) is 11.9 Å². The molecule has 1 unspecified atom stereocenters. The fourth-order valence-corrected chi connectivity index (χ4v) is 3.30. The van der Waals surface area contributed by atoms with Crippen LogP contribution in [0.25, 0.3) is 0 Å². The maximum absolute atomic E-state index is 12.7. The van der Waals surface area contributed by atoms with E-state index in [4.69, 9.17) is 0 Å². The first-order valence-electron chi connectivity index (χ1n) is 8.31. The summed E-state index contributed by atoms with van der Waals surface area (Å²) in [6, 6.07) is 3.77.